The maximum atomic E-state index is 12.1. The van der Waals surface area contributed by atoms with Crippen LogP contribution in [0.15, 0.2) is 18.2 Å². The van der Waals surface area contributed by atoms with Gasteiger partial charge in [-0.15, -0.1) is 0 Å². The second-order valence-electron chi connectivity index (χ2n) is 8.32. The molecule has 2 atom stereocenters. The number of hydrogen-bond donors (Lipinski definition) is 0. The highest BCUT2D eigenvalue weighted by molar-refractivity contribution is 5.72. The van der Waals surface area contributed by atoms with Gasteiger partial charge in [0.05, 0.1) is 12.5 Å². The van der Waals surface area contributed by atoms with Crippen molar-refractivity contribution in [2.24, 2.45) is 5.92 Å². The number of ether oxygens (including phenoxy) is 3. The summed E-state index contributed by atoms with van der Waals surface area (Å²) < 4.78 is 17.1. The fourth-order valence-electron chi connectivity index (χ4n) is 3.69. The third kappa shape index (κ3) is 6.80. The van der Waals surface area contributed by atoms with Gasteiger partial charge in [-0.25, -0.2) is 0 Å². The molecule has 0 aromatic heterocycles. The molecule has 2 unspecified atom stereocenters. The van der Waals surface area contributed by atoms with E-state index in [1.165, 1.54) is 17.5 Å². The van der Waals surface area contributed by atoms with Gasteiger partial charge in [0.15, 0.2) is 6.29 Å². The van der Waals surface area contributed by atoms with Crippen molar-refractivity contribution in [2.45, 2.75) is 91.3 Å². The molecule has 2 rings (SSSR count). The highest BCUT2D eigenvalue weighted by atomic mass is 16.7. The summed E-state index contributed by atoms with van der Waals surface area (Å²) in [4.78, 5) is 12.1. The highest BCUT2D eigenvalue weighted by Crippen LogP contribution is 2.31. The fraction of sp³-hybridized carbons (Fsp3) is 0.708. The summed E-state index contributed by atoms with van der Waals surface area (Å²) in [7, 11) is 0. The summed E-state index contributed by atoms with van der Waals surface area (Å²) in [6.45, 7) is 11.3. The zero-order valence-electron chi connectivity index (χ0n) is 18.3. The molecule has 0 aliphatic heterocycles. The Morgan fingerprint density at radius 2 is 1.79 bits per heavy atom. The Labute approximate surface area is 170 Å². The Hall–Kier alpha value is -1.55. The van der Waals surface area contributed by atoms with Gasteiger partial charge in [-0.1, -0.05) is 59.1 Å². The predicted molar refractivity (Wildman–Crippen MR) is 113 cm³/mol. The molecule has 28 heavy (non-hydrogen) atoms. The first kappa shape index (κ1) is 22.7. The molecule has 0 radical (unpaired) electrons. The Balaban J connectivity index is 1.80. The van der Waals surface area contributed by atoms with Crippen LogP contribution in [-0.4, -0.2) is 25.5 Å². The second-order valence-corrected chi connectivity index (χ2v) is 8.32. The zero-order chi connectivity index (χ0) is 20.5. The average Bonchev–Trinajstić information content (AvgIpc) is 2.71. The van der Waals surface area contributed by atoms with E-state index in [1.54, 1.807) is 0 Å². The van der Waals surface area contributed by atoms with Crippen LogP contribution in [0, 0.1) is 5.92 Å². The first-order chi connectivity index (χ1) is 13.4. The molecule has 0 amide bonds. The Morgan fingerprint density at radius 1 is 1.07 bits per heavy atom. The van der Waals surface area contributed by atoms with E-state index in [0.29, 0.717) is 18.4 Å². The molecule has 1 aromatic carbocycles. The van der Waals surface area contributed by atoms with Crippen molar-refractivity contribution < 1.29 is 19.0 Å². The van der Waals surface area contributed by atoms with E-state index in [0.717, 1.165) is 37.9 Å². The van der Waals surface area contributed by atoms with Crippen LogP contribution in [-0.2, 0) is 14.3 Å². The molecular weight excluding hydrogens is 352 g/mol. The molecule has 1 fully saturated rings. The first-order valence-electron chi connectivity index (χ1n) is 11.0. The summed E-state index contributed by atoms with van der Waals surface area (Å²) >= 11 is 0. The molecule has 0 heterocycles. The highest BCUT2D eigenvalue weighted by Gasteiger charge is 2.22. The van der Waals surface area contributed by atoms with Gasteiger partial charge in [-0.3, -0.25) is 4.79 Å². The number of hydrogen-bond acceptors (Lipinski definition) is 4. The summed E-state index contributed by atoms with van der Waals surface area (Å²) in [6, 6.07) is 6.46. The van der Waals surface area contributed by atoms with Crippen LogP contribution >= 0.6 is 0 Å². The smallest absolute Gasteiger partial charge is 0.309 e. The minimum atomic E-state index is -0.389. The number of rotatable bonds is 10. The van der Waals surface area contributed by atoms with Crippen molar-refractivity contribution in [3.63, 3.8) is 0 Å². The number of carbonyl (C=O) groups excluding carboxylic acids is 1. The molecule has 158 valence electrons. The third-order valence-electron chi connectivity index (χ3n) is 5.75. The lowest BCUT2D eigenvalue weighted by molar-refractivity contribution is -0.154. The Kier molecular flexibility index (Phi) is 9.30. The van der Waals surface area contributed by atoms with Gasteiger partial charge >= 0.3 is 5.97 Å². The molecule has 1 aliphatic rings. The lowest BCUT2D eigenvalue weighted by Crippen LogP contribution is -2.24. The average molecular weight is 391 g/mol. The van der Waals surface area contributed by atoms with Crippen LogP contribution in [0.25, 0.3) is 0 Å². The van der Waals surface area contributed by atoms with E-state index in [9.17, 15) is 4.79 Å². The van der Waals surface area contributed by atoms with Crippen molar-refractivity contribution in [2.75, 3.05) is 13.2 Å². The second kappa shape index (κ2) is 11.5. The van der Waals surface area contributed by atoms with E-state index in [1.807, 2.05) is 6.92 Å². The maximum absolute atomic E-state index is 12.1. The van der Waals surface area contributed by atoms with Crippen LogP contribution in [0.5, 0.6) is 5.75 Å². The van der Waals surface area contributed by atoms with Gasteiger partial charge in [-0.2, -0.15) is 0 Å². The number of esters is 1. The normalized spacial score (nSPS) is 17.4. The molecule has 1 aliphatic carbocycles. The van der Waals surface area contributed by atoms with Crippen LogP contribution in [0.2, 0.25) is 0 Å². The molecule has 4 heteroatoms. The molecule has 0 N–H and O–H groups in total. The van der Waals surface area contributed by atoms with Gasteiger partial charge in [0, 0.05) is 0 Å². The standard InChI is InChI=1S/C24H38O4/c1-6-18(4)21-12-13-23(22(16-21)17(2)3)28-19(5)26-14-15-27-24(25)20-10-8-7-9-11-20/h12-13,16-20H,6-11,14-15H2,1-5H3. The minimum absolute atomic E-state index is 0.0698. The van der Waals surface area contributed by atoms with Crippen molar-refractivity contribution in [1.29, 1.82) is 0 Å². The lowest BCUT2D eigenvalue weighted by Gasteiger charge is -2.22. The summed E-state index contributed by atoms with van der Waals surface area (Å²) in [5.74, 6) is 1.80. The first-order valence-corrected chi connectivity index (χ1v) is 11.0. The lowest BCUT2D eigenvalue weighted by atomic mass is 9.89. The monoisotopic (exact) mass is 390 g/mol. The number of benzene rings is 1. The van der Waals surface area contributed by atoms with Crippen LogP contribution in [0.1, 0.15) is 96.1 Å². The van der Waals surface area contributed by atoms with Crippen molar-refractivity contribution in [1.82, 2.24) is 0 Å². The van der Waals surface area contributed by atoms with Crippen LogP contribution in [0.4, 0.5) is 0 Å². The van der Waals surface area contributed by atoms with Crippen molar-refractivity contribution in [3.05, 3.63) is 29.3 Å². The number of carbonyl (C=O) groups is 1. The Bertz CT molecular complexity index is 605. The van der Waals surface area contributed by atoms with E-state index >= 15 is 0 Å². The molecule has 0 spiro atoms. The summed E-state index contributed by atoms with van der Waals surface area (Å²) in [6.07, 6.45) is 6.16. The van der Waals surface area contributed by atoms with Crippen LogP contribution < -0.4 is 4.74 Å². The predicted octanol–water partition coefficient (Wildman–Crippen LogP) is 6.19. The topological polar surface area (TPSA) is 44.8 Å². The van der Waals surface area contributed by atoms with E-state index in [4.69, 9.17) is 14.2 Å². The van der Waals surface area contributed by atoms with Gasteiger partial charge < -0.3 is 14.2 Å². The molecule has 1 aromatic rings. The SMILES string of the molecule is CCC(C)c1ccc(OC(C)OCCOC(=O)C2CCCCC2)c(C(C)C)c1. The largest absolute Gasteiger partial charge is 0.465 e. The van der Waals surface area contributed by atoms with E-state index in [2.05, 4.69) is 45.9 Å². The summed E-state index contributed by atoms with van der Waals surface area (Å²) in [5, 5.41) is 0. The minimum Gasteiger partial charge on any atom is -0.465 e. The quantitative estimate of drug-likeness (QED) is 0.271. The van der Waals surface area contributed by atoms with Gasteiger partial charge in [0.2, 0.25) is 0 Å². The molecule has 0 bridgehead atoms. The molecule has 1 saturated carbocycles. The molecule has 0 saturated heterocycles. The van der Waals surface area contributed by atoms with Crippen LogP contribution in [0.3, 0.4) is 0 Å². The Morgan fingerprint density at radius 3 is 2.43 bits per heavy atom. The van der Waals surface area contributed by atoms with E-state index in [-0.39, 0.29) is 24.8 Å². The zero-order valence-corrected chi connectivity index (χ0v) is 18.3. The van der Waals surface area contributed by atoms with Gasteiger partial charge in [0.25, 0.3) is 0 Å². The van der Waals surface area contributed by atoms with E-state index < -0.39 is 0 Å². The van der Waals surface area contributed by atoms with Gasteiger partial charge in [-0.05, 0) is 55.2 Å². The maximum Gasteiger partial charge on any atom is 0.309 e. The molecule has 4 nitrogen and oxygen atoms in total. The van der Waals surface area contributed by atoms with Gasteiger partial charge in [0.1, 0.15) is 12.4 Å². The fourth-order valence-corrected chi connectivity index (χ4v) is 3.69. The van der Waals surface area contributed by atoms with Crippen molar-refractivity contribution >= 4 is 5.97 Å². The molecular formula is C24H38O4. The summed E-state index contributed by atoms with van der Waals surface area (Å²) in [5.41, 5.74) is 2.55. The third-order valence-corrected chi connectivity index (χ3v) is 5.75. The van der Waals surface area contributed by atoms with Crippen molar-refractivity contribution in [3.8, 4) is 5.75 Å².